The van der Waals surface area contributed by atoms with Crippen LogP contribution in [0.2, 0.25) is 0 Å². The molecule has 0 radical (unpaired) electrons. The molecule has 230 valence electrons. The highest BCUT2D eigenvalue weighted by molar-refractivity contribution is 9.10. The van der Waals surface area contributed by atoms with E-state index < -0.39 is 22.9 Å². The van der Waals surface area contributed by atoms with Crippen molar-refractivity contribution in [2.75, 3.05) is 10.6 Å². The fraction of sp³-hybridized carbons (Fsp3) is 0.0278. The molecule has 0 aliphatic carbocycles. The second-order valence-electron chi connectivity index (χ2n) is 9.93. The molecule has 5 aromatic rings. The minimum Gasteiger partial charge on any atom is -0.322 e. The van der Waals surface area contributed by atoms with Gasteiger partial charge in [0.2, 0.25) is 5.91 Å². The van der Waals surface area contributed by atoms with Gasteiger partial charge in [0.05, 0.1) is 5.69 Å². The Bertz CT molecular complexity index is 1870. The van der Waals surface area contributed by atoms with E-state index >= 15 is 0 Å². The quantitative estimate of drug-likeness (QED) is 0.0980. The molecule has 10 heteroatoms. The molecular formula is C36H26Br2FN3O3S. The van der Waals surface area contributed by atoms with Gasteiger partial charge >= 0.3 is 0 Å². The number of carbonyl (C=O) groups is 3. The predicted molar refractivity (Wildman–Crippen MR) is 189 cm³/mol. The van der Waals surface area contributed by atoms with Gasteiger partial charge in [-0.25, -0.2) is 4.39 Å². The molecule has 0 aliphatic rings. The number of anilines is 2. The van der Waals surface area contributed by atoms with Gasteiger partial charge in [0, 0.05) is 25.1 Å². The number of nitrogens with one attached hydrogen (secondary N) is 3. The van der Waals surface area contributed by atoms with Gasteiger partial charge in [-0.3, -0.25) is 14.4 Å². The molecule has 0 fully saturated rings. The van der Waals surface area contributed by atoms with Gasteiger partial charge in [0.1, 0.15) is 16.8 Å². The Morgan fingerprint density at radius 2 is 1.35 bits per heavy atom. The van der Waals surface area contributed by atoms with Gasteiger partial charge in [-0.2, -0.15) is 0 Å². The Labute approximate surface area is 286 Å². The third kappa shape index (κ3) is 9.03. The lowest BCUT2D eigenvalue weighted by atomic mass is 10.1. The van der Waals surface area contributed by atoms with E-state index in [-0.39, 0.29) is 17.3 Å². The predicted octanol–water partition coefficient (Wildman–Crippen LogP) is 9.23. The van der Waals surface area contributed by atoms with Crippen molar-refractivity contribution < 1.29 is 18.8 Å². The van der Waals surface area contributed by atoms with Crippen molar-refractivity contribution in [3.63, 3.8) is 0 Å². The van der Waals surface area contributed by atoms with Crippen LogP contribution >= 0.6 is 43.6 Å². The van der Waals surface area contributed by atoms with Crippen LogP contribution in [0.5, 0.6) is 0 Å². The minimum atomic E-state index is -0.682. The molecule has 3 N–H and O–H groups in total. The topological polar surface area (TPSA) is 87.3 Å². The van der Waals surface area contributed by atoms with Gasteiger partial charge < -0.3 is 16.0 Å². The fourth-order valence-corrected chi connectivity index (χ4v) is 5.93. The number of carbonyl (C=O) groups excluding carboxylic acids is 3. The van der Waals surface area contributed by atoms with Crippen molar-refractivity contribution in [1.29, 1.82) is 0 Å². The van der Waals surface area contributed by atoms with Gasteiger partial charge in [0.15, 0.2) is 0 Å². The summed E-state index contributed by atoms with van der Waals surface area (Å²) < 4.78 is 15.9. The van der Waals surface area contributed by atoms with Gasteiger partial charge in [-0.15, -0.1) is 11.8 Å². The van der Waals surface area contributed by atoms with Crippen molar-refractivity contribution in [1.82, 2.24) is 5.32 Å². The molecule has 0 spiro atoms. The summed E-state index contributed by atoms with van der Waals surface area (Å²) >= 11 is 7.93. The van der Waals surface area contributed by atoms with Crippen LogP contribution in [0.3, 0.4) is 0 Å². The first-order valence-electron chi connectivity index (χ1n) is 14.0. The Morgan fingerprint density at radius 3 is 2.00 bits per heavy atom. The van der Waals surface area contributed by atoms with Crippen LogP contribution in [0.1, 0.15) is 26.7 Å². The fourth-order valence-electron chi connectivity index (χ4n) is 4.31. The highest BCUT2D eigenvalue weighted by Crippen LogP contribution is 2.37. The first-order valence-corrected chi connectivity index (χ1v) is 16.4. The number of benzene rings is 5. The maximum Gasteiger partial charge on any atom is 0.272 e. The average molecular weight is 759 g/mol. The summed E-state index contributed by atoms with van der Waals surface area (Å²) in [5.41, 5.74) is 2.52. The Hall–Kier alpha value is -4.51. The van der Waals surface area contributed by atoms with Crippen LogP contribution in [0.15, 0.2) is 147 Å². The van der Waals surface area contributed by atoms with Crippen molar-refractivity contribution in [3.05, 3.63) is 165 Å². The summed E-state index contributed by atoms with van der Waals surface area (Å²) in [6, 6.07) is 36.6. The second kappa shape index (κ2) is 15.7. The highest BCUT2D eigenvalue weighted by atomic mass is 79.9. The number of rotatable bonds is 10. The van der Waals surface area contributed by atoms with Crippen LogP contribution in [0, 0.1) is 5.82 Å². The Balaban J connectivity index is 1.33. The molecule has 6 nitrogen and oxygen atoms in total. The summed E-state index contributed by atoms with van der Waals surface area (Å²) in [5.74, 6) is -1.86. The van der Waals surface area contributed by atoms with Crippen LogP contribution < -0.4 is 16.0 Å². The number of amides is 3. The van der Waals surface area contributed by atoms with E-state index in [0.29, 0.717) is 15.7 Å². The molecule has 0 saturated heterocycles. The van der Waals surface area contributed by atoms with E-state index in [0.717, 1.165) is 20.5 Å². The van der Waals surface area contributed by atoms with Crippen LogP contribution in [-0.4, -0.2) is 17.7 Å². The van der Waals surface area contributed by atoms with Crippen molar-refractivity contribution in [2.45, 2.75) is 10.1 Å². The summed E-state index contributed by atoms with van der Waals surface area (Å²) in [5, 5.41) is 7.59. The SMILES string of the molecule is O=C(Nc1ccc(SC(C(=O)Nc2ccc(Br)cc2F)c2ccccc2)cc1)/C(=C/c1ccc(Br)cc1)NC(=O)c1ccccc1. The van der Waals surface area contributed by atoms with Crippen molar-refractivity contribution >= 4 is 78.8 Å². The highest BCUT2D eigenvalue weighted by Gasteiger charge is 2.23. The van der Waals surface area contributed by atoms with Crippen LogP contribution in [0.25, 0.3) is 6.08 Å². The smallest absolute Gasteiger partial charge is 0.272 e. The molecule has 1 unspecified atom stereocenters. The lowest BCUT2D eigenvalue weighted by Gasteiger charge is -2.18. The van der Waals surface area contributed by atoms with Gasteiger partial charge in [0.25, 0.3) is 11.8 Å². The average Bonchev–Trinajstić information content (AvgIpc) is 3.07. The monoisotopic (exact) mass is 757 g/mol. The lowest BCUT2D eigenvalue weighted by molar-refractivity contribution is -0.116. The van der Waals surface area contributed by atoms with Gasteiger partial charge in [-0.1, -0.05) is 92.5 Å². The standard InChI is InChI=1S/C36H26Br2FN3O3S/c37-26-13-11-23(12-14-26)21-32(42-34(43)25-9-5-2-6-10-25)35(44)40-28-16-18-29(19-17-28)46-33(24-7-3-1-4-8-24)36(45)41-31-20-15-27(38)22-30(31)39/h1-22,33H,(H,40,44)(H,41,45)(H,42,43)/b32-21-. The molecule has 5 rings (SSSR count). The van der Waals surface area contributed by atoms with E-state index in [1.165, 1.54) is 23.9 Å². The number of hydrogen-bond donors (Lipinski definition) is 3. The zero-order valence-corrected chi connectivity index (χ0v) is 28.0. The number of hydrogen-bond acceptors (Lipinski definition) is 4. The van der Waals surface area contributed by atoms with Crippen molar-refractivity contribution in [3.8, 4) is 0 Å². The molecule has 0 heterocycles. The van der Waals surface area contributed by atoms with E-state index in [1.54, 1.807) is 66.7 Å². The molecule has 46 heavy (non-hydrogen) atoms. The zero-order valence-electron chi connectivity index (χ0n) is 24.0. The van der Waals surface area contributed by atoms with Crippen LogP contribution in [0.4, 0.5) is 15.8 Å². The largest absolute Gasteiger partial charge is 0.322 e. The van der Waals surface area contributed by atoms with E-state index in [2.05, 4.69) is 47.8 Å². The Morgan fingerprint density at radius 1 is 0.717 bits per heavy atom. The first-order chi connectivity index (χ1) is 22.2. The summed E-state index contributed by atoms with van der Waals surface area (Å²) in [6.45, 7) is 0. The second-order valence-corrected chi connectivity index (χ2v) is 12.9. The summed E-state index contributed by atoms with van der Waals surface area (Å²) in [4.78, 5) is 40.5. The molecular weight excluding hydrogens is 733 g/mol. The maximum absolute atomic E-state index is 14.5. The van der Waals surface area contributed by atoms with E-state index in [9.17, 15) is 18.8 Å². The molecule has 0 aromatic heterocycles. The van der Waals surface area contributed by atoms with Crippen LogP contribution in [-0.2, 0) is 9.59 Å². The normalized spacial score (nSPS) is 11.8. The van der Waals surface area contributed by atoms with Crippen molar-refractivity contribution in [2.24, 2.45) is 0 Å². The summed E-state index contributed by atoms with van der Waals surface area (Å²) in [7, 11) is 0. The number of thioether (sulfide) groups is 1. The third-order valence-electron chi connectivity index (χ3n) is 6.61. The molecule has 0 saturated carbocycles. The Kier molecular flexibility index (Phi) is 11.2. The zero-order chi connectivity index (χ0) is 32.5. The van der Waals surface area contributed by atoms with E-state index in [4.69, 9.17) is 0 Å². The first kappa shape index (κ1) is 32.9. The third-order valence-corrected chi connectivity index (χ3v) is 8.89. The molecule has 0 bridgehead atoms. The maximum atomic E-state index is 14.5. The summed E-state index contributed by atoms with van der Waals surface area (Å²) in [6.07, 6.45) is 1.60. The molecule has 3 amide bonds. The molecule has 5 aromatic carbocycles. The molecule has 1 atom stereocenters. The lowest BCUT2D eigenvalue weighted by Crippen LogP contribution is -2.30. The van der Waals surface area contributed by atoms with E-state index in [1.807, 2.05) is 54.6 Å². The van der Waals surface area contributed by atoms with Gasteiger partial charge in [-0.05, 0) is 83.9 Å². The number of halogens is 3. The minimum absolute atomic E-state index is 0.0654. The molecule has 0 aliphatic heterocycles.